The van der Waals surface area contributed by atoms with Crippen molar-refractivity contribution in [1.82, 2.24) is 0 Å². The lowest BCUT2D eigenvalue weighted by atomic mass is 10.1. The molecular formula is C20H21ClN2O5S2. The average Bonchev–Trinajstić information content (AvgIpc) is 3.02. The third-order valence-electron chi connectivity index (χ3n) is 4.62. The maximum atomic E-state index is 12.6. The molecule has 160 valence electrons. The van der Waals surface area contributed by atoms with Crippen molar-refractivity contribution in [3.05, 3.63) is 53.1 Å². The number of carbonyl (C=O) groups is 2. The van der Waals surface area contributed by atoms with Crippen molar-refractivity contribution in [3.63, 3.8) is 0 Å². The molecule has 0 fully saturated rings. The number of nitrogens with two attached hydrogens (primary N) is 1. The Kier molecular flexibility index (Phi) is 7.07. The minimum atomic E-state index is -3.82. The van der Waals surface area contributed by atoms with E-state index in [0.29, 0.717) is 28.4 Å². The van der Waals surface area contributed by atoms with Gasteiger partial charge in [0.2, 0.25) is 10.0 Å². The van der Waals surface area contributed by atoms with Crippen LogP contribution in [0.25, 0.3) is 0 Å². The van der Waals surface area contributed by atoms with E-state index in [0.717, 1.165) is 4.90 Å². The topological polar surface area (TPSA) is 107 Å². The molecule has 1 atom stereocenters. The summed E-state index contributed by atoms with van der Waals surface area (Å²) >= 11 is 7.52. The Morgan fingerprint density at radius 1 is 1.27 bits per heavy atom. The first-order valence-electron chi connectivity index (χ1n) is 9.17. The summed E-state index contributed by atoms with van der Waals surface area (Å²) in [6.45, 7) is 1.47. The molecule has 30 heavy (non-hydrogen) atoms. The summed E-state index contributed by atoms with van der Waals surface area (Å²) in [4.78, 5) is 27.0. The minimum Gasteiger partial charge on any atom is -0.456 e. The fourth-order valence-electron chi connectivity index (χ4n) is 3.25. The summed E-state index contributed by atoms with van der Waals surface area (Å²) in [5.74, 6) is -0.355. The first kappa shape index (κ1) is 22.6. The number of hydrogen-bond donors (Lipinski definition) is 1. The molecule has 1 unspecified atom stereocenters. The monoisotopic (exact) mass is 468 g/mol. The minimum absolute atomic E-state index is 0.00481. The zero-order chi connectivity index (χ0) is 21.9. The van der Waals surface area contributed by atoms with Gasteiger partial charge in [-0.1, -0.05) is 23.7 Å². The molecule has 0 aliphatic carbocycles. The molecule has 3 rings (SSSR count). The van der Waals surface area contributed by atoms with Crippen LogP contribution in [0.15, 0.2) is 52.3 Å². The van der Waals surface area contributed by atoms with E-state index >= 15 is 0 Å². The number of sulfonamides is 1. The summed E-state index contributed by atoms with van der Waals surface area (Å²) in [7, 11) is -3.82. The molecule has 2 aromatic rings. The third-order valence-corrected chi connectivity index (χ3v) is 7.05. The lowest BCUT2D eigenvalue weighted by molar-refractivity contribution is -0.147. The number of esters is 1. The first-order valence-corrected chi connectivity index (χ1v) is 12.1. The lowest BCUT2D eigenvalue weighted by Gasteiger charge is -2.22. The van der Waals surface area contributed by atoms with E-state index in [1.807, 2.05) is 25.1 Å². The van der Waals surface area contributed by atoms with Gasteiger partial charge in [0.05, 0.1) is 16.3 Å². The van der Waals surface area contributed by atoms with E-state index in [-0.39, 0.29) is 29.9 Å². The summed E-state index contributed by atoms with van der Waals surface area (Å²) in [6.07, 6.45) is 0.639. The highest BCUT2D eigenvalue weighted by atomic mass is 35.5. The fourth-order valence-corrected chi connectivity index (χ4v) is 4.99. The van der Waals surface area contributed by atoms with Crippen molar-refractivity contribution < 1.29 is 22.7 Å². The molecule has 2 N–H and O–H groups in total. The van der Waals surface area contributed by atoms with Gasteiger partial charge in [0.15, 0.2) is 6.61 Å². The van der Waals surface area contributed by atoms with Crippen molar-refractivity contribution >= 4 is 50.9 Å². The van der Waals surface area contributed by atoms with E-state index in [2.05, 4.69) is 0 Å². The zero-order valence-electron chi connectivity index (χ0n) is 16.2. The standard InChI is InChI=1S/C20H21ClN2O5S2/c1-13-10-14-11-15(30(22,26)27)6-7-17(14)23(13)19(24)12-28-20(25)8-9-29-18-5-3-2-4-16(18)21/h2-7,11,13H,8-10,12H2,1H3,(H2,22,26,27). The summed E-state index contributed by atoms with van der Waals surface area (Å²) in [5, 5.41) is 5.79. The second-order valence-corrected chi connectivity index (χ2v) is 9.95. The molecule has 1 amide bonds. The van der Waals surface area contributed by atoms with E-state index in [1.165, 1.54) is 28.8 Å². The van der Waals surface area contributed by atoms with Crippen molar-refractivity contribution in [3.8, 4) is 0 Å². The second kappa shape index (κ2) is 9.38. The predicted molar refractivity (Wildman–Crippen MR) is 116 cm³/mol. The Bertz CT molecular complexity index is 1070. The molecule has 0 spiro atoms. The van der Waals surface area contributed by atoms with Gasteiger partial charge in [-0.15, -0.1) is 11.8 Å². The van der Waals surface area contributed by atoms with Crippen LogP contribution in [0.1, 0.15) is 18.9 Å². The van der Waals surface area contributed by atoms with Crippen molar-refractivity contribution in [2.45, 2.75) is 35.6 Å². The smallest absolute Gasteiger partial charge is 0.307 e. The number of thioether (sulfide) groups is 1. The van der Waals surface area contributed by atoms with Crippen LogP contribution in [0, 0.1) is 0 Å². The van der Waals surface area contributed by atoms with Crippen molar-refractivity contribution in [1.29, 1.82) is 0 Å². The van der Waals surface area contributed by atoms with Gasteiger partial charge in [-0.05, 0) is 49.2 Å². The predicted octanol–water partition coefficient (Wildman–Crippen LogP) is 2.99. The number of anilines is 1. The lowest BCUT2D eigenvalue weighted by Crippen LogP contribution is -2.38. The van der Waals surface area contributed by atoms with E-state index in [4.69, 9.17) is 21.5 Å². The summed E-state index contributed by atoms with van der Waals surface area (Å²) in [5.41, 5.74) is 1.31. The molecule has 0 bridgehead atoms. The van der Waals surface area contributed by atoms with Crippen LogP contribution < -0.4 is 10.0 Å². The second-order valence-electron chi connectivity index (χ2n) is 6.84. The van der Waals surface area contributed by atoms with Gasteiger partial charge in [0.1, 0.15) is 0 Å². The summed E-state index contributed by atoms with van der Waals surface area (Å²) in [6, 6.07) is 11.6. The summed E-state index contributed by atoms with van der Waals surface area (Å²) < 4.78 is 28.2. The van der Waals surface area contributed by atoms with Gasteiger partial charge in [-0.3, -0.25) is 9.59 Å². The maximum Gasteiger partial charge on any atom is 0.307 e. The van der Waals surface area contributed by atoms with Crippen LogP contribution >= 0.6 is 23.4 Å². The Morgan fingerprint density at radius 2 is 2.00 bits per heavy atom. The largest absolute Gasteiger partial charge is 0.456 e. The molecule has 0 aromatic heterocycles. The number of fused-ring (bicyclic) bond motifs is 1. The first-order chi connectivity index (χ1) is 14.2. The normalized spacial score (nSPS) is 15.7. The number of hydrogen-bond acceptors (Lipinski definition) is 6. The molecular weight excluding hydrogens is 448 g/mol. The number of primary sulfonamides is 1. The molecule has 1 aliphatic heterocycles. The van der Waals surface area contributed by atoms with Gasteiger partial charge in [-0.25, -0.2) is 13.6 Å². The molecule has 0 radical (unpaired) electrons. The average molecular weight is 469 g/mol. The highest BCUT2D eigenvalue weighted by molar-refractivity contribution is 7.99. The highest BCUT2D eigenvalue weighted by Crippen LogP contribution is 2.34. The van der Waals surface area contributed by atoms with Gasteiger partial charge in [-0.2, -0.15) is 0 Å². The Balaban J connectivity index is 1.54. The number of ether oxygens (including phenoxy) is 1. The fraction of sp³-hybridized carbons (Fsp3) is 0.300. The van der Waals surface area contributed by atoms with Crippen LogP contribution in [0.5, 0.6) is 0 Å². The quantitative estimate of drug-likeness (QED) is 0.494. The number of nitrogens with zero attached hydrogens (tertiary/aromatic N) is 1. The van der Waals surface area contributed by atoms with Crippen molar-refractivity contribution in [2.24, 2.45) is 5.14 Å². The molecule has 7 nitrogen and oxygen atoms in total. The van der Waals surface area contributed by atoms with Gasteiger partial charge >= 0.3 is 5.97 Å². The van der Waals surface area contributed by atoms with Crippen LogP contribution in [0.3, 0.4) is 0 Å². The van der Waals surface area contributed by atoms with Crippen LogP contribution in [0.4, 0.5) is 5.69 Å². The highest BCUT2D eigenvalue weighted by Gasteiger charge is 2.32. The third kappa shape index (κ3) is 5.34. The Morgan fingerprint density at radius 3 is 2.70 bits per heavy atom. The van der Waals surface area contributed by atoms with Crippen LogP contribution in [-0.2, 0) is 30.8 Å². The molecule has 10 heteroatoms. The molecule has 2 aromatic carbocycles. The Hall–Kier alpha value is -2.07. The molecule has 0 saturated carbocycles. The number of benzene rings is 2. The van der Waals surface area contributed by atoms with Gasteiger partial charge in [0, 0.05) is 22.4 Å². The van der Waals surface area contributed by atoms with Gasteiger partial charge in [0.25, 0.3) is 5.91 Å². The molecule has 1 aliphatic rings. The maximum absolute atomic E-state index is 12.6. The number of halogens is 1. The van der Waals surface area contributed by atoms with Crippen LogP contribution in [-0.4, -0.2) is 38.7 Å². The number of rotatable bonds is 7. The van der Waals surface area contributed by atoms with E-state index < -0.39 is 16.0 Å². The zero-order valence-corrected chi connectivity index (χ0v) is 18.6. The van der Waals surface area contributed by atoms with Gasteiger partial charge < -0.3 is 9.64 Å². The van der Waals surface area contributed by atoms with E-state index in [9.17, 15) is 18.0 Å². The van der Waals surface area contributed by atoms with Crippen molar-refractivity contribution in [2.75, 3.05) is 17.3 Å². The molecule has 1 heterocycles. The van der Waals surface area contributed by atoms with Crippen LogP contribution in [0.2, 0.25) is 5.02 Å². The Labute approximate surface area is 184 Å². The number of amides is 1. The van der Waals surface area contributed by atoms with E-state index in [1.54, 1.807) is 12.1 Å². The molecule has 0 saturated heterocycles. The number of carbonyl (C=O) groups excluding carboxylic acids is 2. The SMILES string of the molecule is CC1Cc2cc(S(N)(=O)=O)ccc2N1C(=O)COC(=O)CCSc1ccccc1Cl.